The third kappa shape index (κ3) is 8.00. The number of anilines is 1. The third-order valence-electron chi connectivity index (χ3n) is 6.87. The van der Waals surface area contributed by atoms with Gasteiger partial charge in [-0.1, -0.05) is 44.2 Å². The van der Waals surface area contributed by atoms with Gasteiger partial charge in [0.1, 0.15) is 24.1 Å². The molecule has 0 bridgehead atoms. The second kappa shape index (κ2) is 14.5. The van der Waals surface area contributed by atoms with Crippen LogP contribution >= 0.6 is 0 Å². The van der Waals surface area contributed by atoms with Crippen LogP contribution in [0, 0.1) is 0 Å². The van der Waals surface area contributed by atoms with Crippen LogP contribution in [0.25, 0.3) is 0 Å². The van der Waals surface area contributed by atoms with Gasteiger partial charge in [-0.3, -0.25) is 13.9 Å². The van der Waals surface area contributed by atoms with Gasteiger partial charge in [0, 0.05) is 12.6 Å². The van der Waals surface area contributed by atoms with E-state index in [1.807, 2.05) is 32.9 Å². The summed E-state index contributed by atoms with van der Waals surface area (Å²) in [6, 6.07) is 20.7. The Kier molecular flexibility index (Phi) is 11.2. The summed E-state index contributed by atoms with van der Waals surface area (Å²) in [6.07, 6.45) is 1.08. The molecule has 0 fully saturated rings. The van der Waals surface area contributed by atoms with Crippen LogP contribution in [0.4, 0.5) is 5.69 Å². The van der Waals surface area contributed by atoms with Crippen molar-refractivity contribution in [3.8, 4) is 11.5 Å². The predicted molar refractivity (Wildman–Crippen MR) is 159 cm³/mol. The van der Waals surface area contributed by atoms with Crippen molar-refractivity contribution in [2.75, 3.05) is 25.1 Å². The Morgan fingerprint density at radius 1 is 0.829 bits per heavy atom. The molecule has 0 aliphatic heterocycles. The number of carbonyl (C=O) groups excluding carboxylic acids is 2. The Morgan fingerprint density at radius 2 is 1.39 bits per heavy atom. The van der Waals surface area contributed by atoms with Gasteiger partial charge >= 0.3 is 0 Å². The molecule has 3 aromatic rings. The molecule has 2 amide bonds. The van der Waals surface area contributed by atoms with E-state index in [9.17, 15) is 18.0 Å². The number of ether oxygens (including phenoxy) is 2. The fourth-order valence-corrected chi connectivity index (χ4v) is 5.72. The van der Waals surface area contributed by atoms with Crippen LogP contribution in [0.3, 0.4) is 0 Å². The fourth-order valence-electron chi connectivity index (χ4n) is 4.29. The van der Waals surface area contributed by atoms with E-state index in [0.717, 1.165) is 16.3 Å². The van der Waals surface area contributed by atoms with E-state index in [0.29, 0.717) is 23.6 Å². The summed E-state index contributed by atoms with van der Waals surface area (Å²) in [6.45, 7) is 5.30. The van der Waals surface area contributed by atoms with Crippen molar-refractivity contribution in [3.05, 3.63) is 84.4 Å². The first-order valence-corrected chi connectivity index (χ1v) is 15.0. The van der Waals surface area contributed by atoms with Crippen LogP contribution in [-0.4, -0.2) is 58.0 Å². The summed E-state index contributed by atoms with van der Waals surface area (Å²) in [5, 5.41) is 2.98. The van der Waals surface area contributed by atoms with Gasteiger partial charge in [0.2, 0.25) is 11.8 Å². The van der Waals surface area contributed by atoms with E-state index in [1.54, 1.807) is 61.7 Å². The molecule has 41 heavy (non-hydrogen) atoms. The molecule has 3 aromatic carbocycles. The number of hydrogen-bond acceptors (Lipinski definition) is 6. The molecule has 0 aromatic heterocycles. The molecule has 0 saturated heterocycles. The molecular weight excluding hydrogens is 542 g/mol. The fraction of sp³-hybridized carbons (Fsp3) is 0.355. The maximum atomic E-state index is 14.1. The number of sulfonamides is 1. The Hall–Kier alpha value is -4.05. The molecule has 2 unspecified atom stereocenters. The molecule has 3 rings (SSSR count). The van der Waals surface area contributed by atoms with E-state index < -0.39 is 28.5 Å². The first kappa shape index (κ1) is 31.5. The zero-order chi connectivity index (χ0) is 30.0. The molecule has 220 valence electrons. The highest BCUT2D eigenvalue weighted by Crippen LogP contribution is 2.27. The summed E-state index contributed by atoms with van der Waals surface area (Å²) in [5.74, 6) is 0.409. The van der Waals surface area contributed by atoms with E-state index in [-0.39, 0.29) is 23.4 Å². The molecule has 10 heteroatoms. The van der Waals surface area contributed by atoms with E-state index in [1.165, 1.54) is 24.1 Å². The first-order chi connectivity index (χ1) is 19.6. The molecule has 0 aliphatic rings. The van der Waals surface area contributed by atoms with Crippen molar-refractivity contribution in [3.63, 3.8) is 0 Å². The van der Waals surface area contributed by atoms with E-state index >= 15 is 0 Å². The monoisotopic (exact) mass is 581 g/mol. The second-order valence-corrected chi connectivity index (χ2v) is 11.5. The zero-order valence-electron chi connectivity index (χ0n) is 24.2. The predicted octanol–water partition coefficient (Wildman–Crippen LogP) is 4.62. The van der Waals surface area contributed by atoms with Crippen LogP contribution in [-0.2, 0) is 26.2 Å². The highest BCUT2D eigenvalue weighted by Gasteiger charge is 2.34. The Bertz CT molecular complexity index is 1380. The van der Waals surface area contributed by atoms with Crippen LogP contribution in [0.1, 0.15) is 39.2 Å². The number of hydrogen-bond donors (Lipinski definition) is 1. The minimum Gasteiger partial charge on any atom is -0.497 e. The topological polar surface area (TPSA) is 105 Å². The molecule has 0 heterocycles. The number of nitrogens with one attached hydrogen (secondary N) is 1. The summed E-state index contributed by atoms with van der Waals surface area (Å²) < 4.78 is 39.3. The van der Waals surface area contributed by atoms with Crippen molar-refractivity contribution < 1.29 is 27.5 Å². The minimum atomic E-state index is -4.13. The van der Waals surface area contributed by atoms with Gasteiger partial charge in [0.05, 0.1) is 24.8 Å². The second-order valence-electron chi connectivity index (χ2n) is 9.63. The van der Waals surface area contributed by atoms with Gasteiger partial charge in [0.25, 0.3) is 10.0 Å². The Labute approximate surface area is 243 Å². The number of nitrogens with zero attached hydrogens (tertiary/aromatic N) is 2. The number of rotatable bonds is 14. The van der Waals surface area contributed by atoms with Crippen LogP contribution in [0.15, 0.2) is 83.8 Å². The highest BCUT2D eigenvalue weighted by molar-refractivity contribution is 7.92. The average molecular weight is 582 g/mol. The van der Waals surface area contributed by atoms with Crippen molar-refractivity contribution in [1.29, 1.82) is 0 Å². The smallest absolute Gasteiger partial charge is 0.264 e. The van der Waals surface area contributed by atoms with Gasteiger partial charge in [-0.15, -0.1) is 0 Å². The summed E-state index contributed by atoms with van der Waals surface area (Å²) in [7, 11) is -1.05. The first-order valence-electron chi connectivity index (χ1n) is 13.6. The van der Waals surface area contributed by atoms with Crippen LogP contribution < -0.4 is 19.1 Å². The molecule has 9 nitrogen and oxygen atoms in total. The number of benzene rings is 3. The van der Waals surface area contributed by atoms with Crippen molar-refractivity contribution in [1.82, 2.24) is 10.2 Å². The highest BCUT2D eigenvalue weighted by atomic mass is 32.2. The number of methoxy groups -OCH3 is 2. The third-order valence-corrected chi connectivity index (χ3v) is 8.66. The minimum absolute atomic E-state index is 0.0480. The molecular formula is C31H39N3O6S. The van der Waals surface area contributed by atoms with Crippen molar-refractivity contribution in [2.24, 2.45) is 0 Å². The molecule has 2 atom stereocenters. The molecule has 0 aliphatic carbocycles. The normalized spacial score (nSPS) is 12.6. The summed E-state index contributed by atoms with van der Waals surface area (Å²) in [5.41, 5.74) is 1.07. The maximum absolute atomic E-state index is 14.1. The van der Waals surface area contributed by atoms with E-state index in [4.69, 9.17) is 9.47 Å². The molecule has 1 N–H and O–H groups in total. The van der Waals surface area contributed by atoms with Gasteiger partial charge in [-0.25, -0.2) is 8.42 Å². The average Bonchev–Trinajstić information content (AvgIpc) is 3.00. The standard InChI is InChI=1S/C31H39N3O6S/c1-6-23(3)32-31(36)29(7-2)33(21-24-13-17-26(39-4)18-14-24)30(35)22-34(25-15-19-27(40-5)20-16-25)41(37,38)28-11-9-8-10-12-28/h8-20,23,29H,6-7,21-22H2,1-5H3,(H,32,36). The summed E-state index contributed by atoms with van der Waals surface area (Å²) in [4.78, 5) is 29.0. The largest absolute Gasteiger partial charge is 0.497 e. The van der Waals surface area contributed by atoms with Gasteiger partial charge in [0.15, 0.2) is 0 Å². The number of amides is 2. The quantitative estimate of drug-likeness (QED) is 0.298. The summed E-state index contributed by atoms with van der Waals surface area (Å²) >= 11 is 0. The lowest BCUT2D eigenvalue weighted by Gasteiger charge is -2.33. The zero-order valence-corrected chi connectivity index (χ0v) is 25.1. The Balaban J connectivity index is 2.04. The SMILES string of the molecule is CCC(C)NC(=O)C(CC)N(Cc1ccc(OC)cc1)C(=O)CN(c1ccc(OC)cc1)S(=O)(=O)c1ccccc1. The molecule has 0 saturated carbocycles. The van der Waals surface area contributed by atoms with Crippen LogP contribution in [0.5, 0.6) is 11.5 Å². The van der Waals surface area contributed by atoms with Crippen molar-refractivity contribution >= 4 is 27.5 Å². The molecule has 0 radical (unpaired) electrons. The lowest BCUT2D eigenvalue weighted by Crippen LogP contribution is -2.53. The lowest BCUT2D eigenvalue weighted by molar-refractivity contribution is -0.140. The Morgan fingerprint density at radius 3 is 1.90 bits per heavy atom. The van der Waals surface area contributed by atoms with Crippen LogP contribution in [0.2, 0.25) is 0 Å². The van der Waals surface area contributed by atoms with Gasteiger partial charge in [-0.05, 0) is 73.9 Å². The maximum Gasteiger partial charge on any atom is 0.264 e. The van der Waals surface area contributed by atoms with Gasteiger partial charge < -0.3 is 19.7 Å². The molecule has 0 spiro atoms. The van der Waals surface area contributed by atoms with Gasteiger partial charge in [-0.2, -0.15) is 0 Å². The van der Waals surface area contributed by atoms with Crippen molar-refractivity contribution in [2.45, 2.75) is 57.1 Å². The lowest BCUT2D eigenvalue weighted by atomic mass is 10.1. The number of carbonyl (C=O) groups is 2. The van der Waals surface area contributed by atoms with E-state index in [2.05, 4.69) is 5.32 Å².